The molecule has 0 saturated heterocycles. The van der Waals surface area contributed by atoms with Gasteiger partial charge in [0.1, 0.15) is 12.3 Å². The Bertz CT molecular complexity index is 202. The molecule has 0 aliphatic heterocycles. The summed E-state index contributed by atoms with van der Waals surface area (Å²) in [5.74, 6) is -1.44. The van der Waals surface area contributed by atoms with Gasteiger partial charge in [-0.2, -0.15) is 0 Å². The Balaban J connectivity index is 3.87. The number of amides is 1. The third kappa shape index (κ3) is 5.84. The Labute approximate surface area is 76.1 Å². The van der Waals surface area contributed by atoms with E-state index >= 15 is 0 Å². The van der Waals surface area contributed by atoms with Gasteiger partial charge in [0, 0.05) is 13.3 Å². The first kappa shape index (κ1) is 11.6. The third-order valence-corrected chi connectivity index (χ3v) is 1.49. The summed E-state index contributed by atoms with van der Waals surface area (Å²) in [5, 5.41) is 10.9. The zero-order valence-electron chi connectivity index (χ0n) is 7.45. The van der Waals surface area contributed by atoms with E-state index in [2.05, 4.69) is 5.32 Å². The minimum Gasteiger partial charge on any atom is -0.480 e. The summed E-state index contributed by atoms with van der Waals surface area (Å²) in [7, 11) is 0. The van der Waals surface area contributed by atoms with Gasteiger partial charge in [0.2, 0.25) is 5.91 Å². The summed E-state index contributed by atoms with van der Waals surface area (Å²) >= 11 is 0. The van der Waals surface area contributed by atoms with Gasteiger partial charge < -0.3 is 15.2 Å². The fraction of sp³-hybridized carbons (Fsp3) is 0.625. The molecule has 5 nitrogen and oxygen atoms in total. The van der Waals surface area contributed by atoms with E-state index in [1.807, 2.05) is 0 Å². The zero-order chi connectivity index (χ0) is 10.3. The van der Waals surface area contributed by atoms with E-state index in [-0.39, 0.29) is 12.3 Å². The van der Waals surface area contributed by atoms with Gasteiger partial charge in [0.15, 0.2) is 0 Å². The third-order valence-electron chi connectivity index (χ3n) is 1.49. The lowest BCUT2D eigenvalue weighted by Gasteiger charge is -2.11. The zero-order valence-corrected chi connectivity index (χ0v) is 7.45. The SMILES string of the molecule is CC(=O)N[C@@H](CCCC=O)C(=O)O. The number of carboxylic acids is 1. The molecule has 74 valence electrons. The first-order valence-corrected chi connectivity index (χ1v) is 4.01. The Kier molecular flexibility index (Phi) is 5.50. The predicted molar refractivity (Wildman–Crippen MR) is 45.2 cm³/mol. The van der Waals surface area contributed by atoms with Crippen LogP contribution in [-0.4, -0.2) is 29.3 Å². The molecule has 0 heterocycles. The predicted octanol–water partition coefficient (Wildman–Crippen LogP) is -0.0551. The Morgan fingerprint density at radius 3 is 2.54 bits per heavy atom. The van der Waals surface area contributed by atoms with Gasteiger partial charge in [-0.05, 0) is 12.8 Å². The van der Waals surface area contributed by atoms with Crippen LogP contribution in [0.4, 0.5) is 0 Å². The van der Waals surface area contributed by atoms with Crippen LogP contribution < -0.4 is 5.32 Å². The number of carbonyl (C=O) groups excluding carboxylic acids is 2. The highest BCUT2D eigenvalue weighted by Gasteiger charge is 2.16. The molecule has 5 heteroatoms. The highest BCUT2D eigenvalue weighted by Crippen LogP contribution is 1.99. The van der Waals surface area contributed by atoms with Gasteiger partial charge >= 0.3 is 5.97 Å². The van der Waals surface area contributed by atoms with E-state index in [9.17, 15) is 14.4 Å². The number of carboxylic acid groups (broad SMARTS) is 1. The van der Waals surface area contributed by atoms with Gasteiger partial charge in [-0.1, -0.05) is 0 Å². The molecule has 1 amide bonds. The molecule has 0 aromatic rings. The number of nitrogens with one attached hydrogen (secondary N) is 1. The second kappa shape index (κ2) is 6.16. The number of hydrogen-bond acceptors (Lipinski definition) is 3. The average Bonchev–Trinajstić information content (AvgIpc) is 2.02. The molecule has 0 fully saturated rings. The minimum atomic E-state index is -1.07. The number of hydrogen-bond donors (Lipinski definition) is 2. The van der Waals surface area contributed by atoms with E-state index in [0.29, 0.717) is 12.8 Å². The maximum absolute atomic E-state index is 10.5. The van der Waals surface area contributed by atoms with Crippen molar-refractivity contribution < 1.29 is 19.5 Å². The van der Waals surface area contributed by atoms with Crippen molar-refractivity contribution in [1.82, 2.24) is 5.32 Å². The molecule has 1 atom stereocenters. The molecule has 0 saturated carbocycles. The second-order valence-electron chi connectivity index (χ2n) is 2.69. The van der Waals surface area contributed by atoms with Crippen molar-refractivity contribution in [2.75, 3.05) is 0 Å². The molecule has 13 heavy (non-hydrogen) atoms. The van der Waals surface area contributed by atoms with Crippen LogP contribution in [0.15, 0.2) is 0 Å². The summed E-state index contributed by atoms with van der Waals surface area (Å²) < 4.78 is 0. The Hall–Kier alpha value is -1.39. The van der Waals surface area contributed by atoms with Crippen LogP contribution in [0.2, 0.25) is 0 Å². The number of aldehydes is 1. The first-order valence-electron chi connectivity index (χ1n) is 4.01. The van der Waals surface area contributed by atoms with E-state index in [4.69, 9.17) is 5.11 Å². The number of carbonyl (C=O) groups is 3. The molecule has 0 rings (SSSR count). The Morgan fingerprint density at radius 2 is 2.15 bits per heavy atom. The molecule has 0 bridgehead atoms. The van der Waals surface area contributed by atoms with Gasteiger partial charge in [0.25, 0.3) is 0 Å². The van der Waals surface area contributed by atoms with Crippen LogP contribution in [0, 0.1) is 0 Å². The van der Waals surface area contributed by atoms with Crippen molar-refractivity contribution >= 4 is 18.2 Å². The highest BCUT2D eigenvalue weighted by atomic mass is 16.4. The quantitative estimate of drug-likeness (QED) is 0.451. The highest BCUT2D eigenvalue weighted by molar-refractivity contribution is 5.81. The summed E-state index contributed by atoms with van der Waals surface area (Å²) in [6.07, 6.45) is 1.81. The molecule has 0 aliphatic rings. The molecule has 0 unspecified atom stereocenters. The lowest BCUT2D eigenvalue weighted by molar-refractivity contribution is -0.141. The van der Waals surface area contributed by atoms with Crippen LogP contribution in [0.25, 0.3) is 0 Å². The van der Waals surface area contributed by atoms with Crippen LogP contribution in [0.3, 0.4) is 0 Å². The maximum atomic E-state index is 10.5. The summed E-state index contributed by atoms with van der Waals surface area (Å²) in [6.45, 7) is 1.26. The smallest absolute Gasteiger partial charge is 0.326 e. The normalized spacial score (nSPS) is 11.8. The topological polar surface area (TPSA) is 83.5 Å². The van der Waals surface area contributed by atoms with Gasteiger partial charge in [-0.15, -0.1) is 0 Å². The molecule has 0 aromatic heterocycles. The van der Waals surface area contributed by atoms with Crippen molar-refractivity contribution in [3.05, 3.63) is 0 Å². The van der Waals surface area contributed by atoms with E-state index in [1.54, 1.807) is 0 Å². The molecular formula is C8H13NO4. The summed E-state index contributed by atoms with van der Waals surface area (Å²) in [5.41, 5.74) is 0. The maximum Gasteiger partial charge on any atom is 0.326 e. The fourth-order valence-electron chi connectivity index (χ4n) is 0.908. The Morgan fingerprint density at radius 1 is 1.54 bits per heavy atom. The molecule has 0 spiro atoms. The molecule has 2 N–H and O–H groups in total. The average molecular weight is 187 g/mol. The summed E-state index contributed by atoms with van der Waals surface area (Å²) in [4.78, 5) is 31.0. The first-order chi connectivity index (χ1) is 6.07. The van der Waals surface area contributed by atoms with Gasteiger partial charge in [-0.3, -0.25) is 4.79 Å². The molecule has 0 aliphatic carbocycles. The molecule has 0 radical (unpaired) electrons. The number of rotatable bonds is 6. The van der Waals surface area contributed by atoms with Gasteiger partial charge in [0.05, 0.1) is 0 Å². The van der Waals surface area contributed by atoms with Crippen molar-refractivity contribution in [3.8, 4) is 0 Å². The van der Waals surface area contributed by atoms with Crippen LogP contribution >= 0.6 is 0 Å². The van der Waals surface area contributed by atoms with Crippen molar-refractivity contribution in [2.45, 2.75) is 32.2 Å². The van der Waals surface area contributed by atoms with Crippen LogP contribution in [-0.2, 0) is 14.4 Å². The second-order valence-corrected chi connectivity index (χ2v) is 2.69. The molecule has 0 aromatic carbocycles. The van der Waals surface area contributed by atoms with Crippen molar-refractivity contribution in [3.63, 3.8) is 0 Å². The lowest BCUT2D eigenvalue weighted by Crippen LogP contribution is -2.39. The lowest BCUT2D eigenvalue weighted by atomic mass is 10.1. The van der Waals surface area contributed by atoms with E-state index in [1.165, 1.54) is 6.92 Å². The fourth-order valence-corrected chi connectivity index (χ4v) is 0.908. The van der Waals surface area contributed by atoms with Crippen molar-refractivity contribution in [1.29, 1.82) is 0 Å². The summed E-state index contributed by atoms with van der Waals surface area (Å²) in [6, 6.07) is -0.877. The van der Waals surface area contributed by atoms with Crippen LogP contribution in [0.5, 0.6) is 0 Å². The van der Waals surface area contributed by atoms with Crippen LogP contribution in [0.1, 0.15) is 26.2 Å². The van der Waals surface area contributed by atoms with E-state index < -0.39 is 12.0 Å². The van der Waals surface area contributed by atoms with E-state index in [0.717, 1.165) is 6.29 Å². The standard InChI is InChI=1S/C8H13NO4/c1-6(11)9-7(8(12)13)4-2-3-5-10/h5,7H,2-4H2,1H3,(H,9,11)(H,12,13)/t7-/m0/s1. The number of aliphatic carboxylic acids is 1. The minimum absolute atomic E-state index is 0.285. The van der Waals surface area contributed by atoms with Crippen molar-refractivity contribution in [2.24, 2.45) is 0 Å². The van der Waals surface area contributed by atoms with Gasteiger partial charge in [-0.25, -0.2) is 4.79 Å². The molecular weight excluding hydrogens is 174 g/mol. The monoisotopic (exact) mass is 187 g/mol. The largest absolute Gasteiger partial charge is 0.480 e. The number of unbranched alkanes of at least 4 members (excludes halogenated alkanes) is 1.